The van der Waals surface area contributed by atoms with Gasteiger partial charge in [0.15, 0.2) is 0 Å². The number of nitrogens with zero attached hydrogens (tertiary/aromatic N) is 2. The van der Waals surface area contributed by atoms with Crippen LogP contribution in [0.2, 0.25) is 5.02 Å². The molecule has 0 saturated carbocycles. The topological polar surface area (TPSA) is 143 Å². The van der Waals surface area contributed by atoms with Crippen LogP contribution in [0.15, 0.2) is 76.5 Å². The average molecular weight is 652 g/mol. The molecule has 0 fully saturated rings. The summed E-state index contributed by atoms with van der Waals surface area (Å²) >= 11 is 5.93. The maximum Gasteiger partial charge on any atom is 0.261 e. The van der Waals surface area contributed by atoms with Crippen molar-refractivity contribution in [1.82, 2.24) is 9.21 Å². The van der Waals surface area contributed by atoms with Crippen molar-refractivity contribution in [3.63, 3.8) is 0 Å². The number of hydrogen-bond donors (Lipinski definition) is 2. The van der Waals surface area contributed by atoms with Crippen LogP contribution in [0.4, 0.5) is 5.69 Å². The Balaban J connectivity index is 1.67. The summed E-state index contributed by atoms with van der Waals surface area (Å²) in [6.07, 6.45) is -0.700. The van der Waals surface area contributed by atoms with Crippen LogP contribution in [-0.2, 0) is 20.0 Å². The second-order valence-corrected chi connectivity index (χ2v) is 14.5. The molecule has 0 bridgehead atoms. The standard InChI is InChI=1S/C29H34ClN3O8S2/c1-19-16-33(20(2)18-34)29(35)26-15-22(31-42(36,37)24-12-8-23(40-4)9-13-24)7-14-27(26)41-28(19)17-32(3)43(38,39)25-10-5-21(30)6-11-25/h5-15,19-20,28,31,34H,16-18H2,1-4H3/t19-,20-,28+/m1/s1. The smallest absolute Gasteiger partial charge is 0.261 e. The molecule has 0 aliphatic carbocycles. The fourth-order valence-corrected chi connectivity index (χ4v) is 6.97. The Morgan fingerprint density at radius 1 is 1.07 bits per heavy atom. The molecule has 11 nitrogen and oxygen atoms in total. The minimum Gasteiger partial charge on any atom is -0.497 e. The summed E-state index contributed by atoms with van der Waals surface area (Å²) in [6, 6.07) is 15.4. The monoisotopic (exact) mass is 651 g/mol. The maximum atomic E-state index is 13.7. The van der Waals surface area contributed by atoms with E-state index >= 15 is 0 Å². The number of amides is 1. The number of nitrogens with one attached hydrogen (secondary N) is 1. The normalized spacial score (nSPS) is 18.3. The molecule has 1 amide bonds. The zero-order chi connectivity index (χ0) is 31.5. The minimum absolute atomic E-state index is 0.00280. The molecule has 0 aromatic heterocycles. The van der Waals surface area contributed by atoms with Gasteiger partial charge in [-0.1, -0.05) is 18.5 Å². The van der Waals surface area contributed by atoms with Crippen molar-refractivity contribution in [3.05, 3.63) is 77.3 Å². The first kappa shape index (κ1) is 32.6. The first-order valence-corrected chi connectivity index (χ1v) is 16.7. The van der Waals surface area contributed by atoms with Gasteiger partial charge in [-0.2, -0.15) is 4.31 Å². The lowest BCUT2D eigenvalue weighted by atomic mass is 9.99. The Morgan fingerprint density at radius 3 is 2.30 bits per heavy atom. The number of ether oxygens (including phenoxy) is 2. The van der Waals surface area contributed by atoms with Gasteiger partial charge in [-0.3, -0.25) is 9.52 Å². The van der Waals surface area contributed by atoms with E-state index in [1.54, 1.807) is 6.92 Å². The van der Waals surface area contributed by atoms with Crippen molar-refractivity contribution in [2.45, 2.75) is 35.8 Å². The van der Waals surface area contributed by atoms with Crippen LogP contribution in [-0.4, -0.2) is 83.1 Å². The number of halogens is 1. The lowest BCUT2D eigenvalue weighted by molar-refractivity contribution is 0.0387. The highest BCUT2D eigenvalue weighted by atomic mass is 35.5. The first-order valence-electron chi connectivity index (χ1n) is 13.4. The van der Waals surface area contributed by atoms with E-state index in [0.717, 1.165) is 0 Å². The first-order chi connectivity index (χ1) is 20.3. The Morgan fingerprint density at radius 2 is 1.70 bits per heavy atom. The van der Waals surface area contributed by atoms with E-state index in [1.165, 1.54) is 90.1 Å². The maximum absolute atomic E-state index is 13.7. The summed E-state index contributed by atoms with van der Waals surface area (Å²) in [5.41, 5.74) is 0.186. The highest BCUT2D eigenvalue weighted by Gasteiger charge is 2.35. The molecular formula is C29H34ClN3O8S2. The van der Waals surface area contributed by atoms with E-state index in [1.807, 2.05) is 6.92 Å². The van der Waals surface area contributed by atoms with E-state index in [9.17, 15) is 26.7 Å². The predicted molar refractivity (Wildman–Crippen MR) is 163 cm³/mol. The van der Waals surface area contributed by atoms with Crippen LogP contribution in [0.25, 0.3) is 0 Å². The third-order valence-electron chi connectivity index (χ3n) is 7.25. The van der Waals surface area contributed by atoms with E-state index in [0.29, 0.717) is 10.8 Å². The zero-order valence-electron chi connectivity index (χ0n) is 24.1. The van der Waals surface area contributed by atoms with Crippen LogP contribution in [0.1, 0.15) is 24.2 Å². The van der Waals surface area contributed by atoms with Gasteiger partial charge in [0.2, 0.25) is 10.0 Å². The van der Waals surface area contributed by atoms with Crippen LogP contribution < -0.4 is 14.2 Å². The van der Waals surface area contributed by atoms with E-state index in [4.69, 9.17) is 21.1 Å². The molecule has 0 spiro atoms. The molecule has 3 aromatic rings. The number of rotatable bonds is 10. The molecule has 1 aliphatic rings. The quantitative estimate of drug-likeness (QED) is 0.338. The number of carbonyl (C=O) groups is 1. The number of carbonyl (C=O) groups excluding carboxylic acids is 1. The van der Waals surface area contributed by atoms with Crippen molar-refractivity contribution in [2.24, 2.45) is 5.92 Å². The van der Waals surface area contributed by atoms with Gasteiger partial charge in [0, 0.05) is 30.2 Å². The Labute approximate surface area is 257 Å². The second-order valence-electron chi connectivity index (χ2n) is 10.4. The van der Waals surface area contributed by atoms with E-state index < -0.39 is 38.1 Å². The predicted octanol–water partition coefficient (Wildman–Crippen LogP) is 3.69. The molecule has 43 heavy (non-hydrogen) atoms. The van der Waals surface area contributed by atoms with Crippen molar-refractivity contribution in [1.29, 1.82) is 0 Å². The molecule has 2 N–H and O–H groups in total. The largest absolute Gasteiger partial charge is 0.497 e. The van der Waals surface area contributed by atoms with Crippen molar-refractivity contribution >= 4 is 43.2 Å². The molecule has 3 atom stereocenters. The van der Waals surface area contributed by atoms with Gasteiger partial charge in [-0.25, -0.2) is 16.8 Å². The summed E-state index contributed by atoms with van der Waals surface area (Å²) in [6.45, 7) is 3.32. The number of fused-ring (bicyclic) bond motifs is 1. The molecule has 4 rings (SSSR count). The lowest BCUT2D eigenvalue weighted by Crippen LogP contribution is -2.50. The molecule has 1 aliphatic heterocycles. The summed E-state index contributed by atoms with van der Waals surface area (Å²) in [7, 11) is -4.98. The number of likely N-dealkylation sites (N-methyl/N-ethyl adjacent to an activating group) is 1. The SMILES string of the molecule is COc1ccc(S(=O)(=O)Nc2ccc3c(c2)C(=O)N([C@H](C)CO)C[C@@H](C)[C@H](CN(C)S(=O)(=O)c2ccc(Cl)cc2)O3)cc1. The average Bonchev–Trinajstić information content (AvgIpc) is 2.98. The van der Waals surface area contributed by atoms with Crippen LogP contribution in [0, 0.1) is 5.92 Å². The minimum atomic E-state index is -4.01. The van der Waals surface area contributed by atoms with Gasteiger partial charge >= 0.3 is 0 Å². The van der Waals surface area contributed by atoms with Crippen molar-refractivity contribution < 1.29 is 36.2 Å². The third-order valence-corrected chi connectivity index (χ3v) is 10.7. The number of benzene rings is 3. The fraction of sp³-hybridized carbons (Fsp3) is 0.345. The van der Waals surface area contributed by atoms with Gasteiger partial charge in [-0.15, -0.1) is 0 Å². The third kappa shape index (κ3) is 7.24. The highest BCUT2D eigenvalue weighted by Crippen LogP contribution is 2.32. The van der Waals surface area contributed by atoms with Gasteiger partial charge in [-0.05, 0) is 73.7 Å². The molecule has 0 unspecified atom stereocenters. The summed E-state index contributed by atoms with van der Waals surface area (Å²) in [5, 5.41) is 10.3. The fourth-order valence-electron chi connectivity index (χ4n) is 4.61. The Kier molecular flexibility index (Phi) is 9.92. The van der Waals surface area contributed by atoms with E-state index in [-0.39, 0.29) is 52.4 Å². The Hall–Kier alpha value is -3.36. The zero-order valence-corrected chi connectivity index (χ0v) is 26.5. The van der Waals surface area contributed by atoms with Crippen LogP contribution in [0.5, 0.6) is 11.5 Å². The van der Waals surface area contributed by atoms with Crippen LogP contribution >= 0.6 is 11.6 Å². The lowest BCUT2D eigenvalue weighted by Gasteiger charge is -2.38. The number of sulfonamides is 2. The summed E-state index contributed by atoms with van der Waals surface area (Å²) < 4.78 is 67.7. The number of anilines is 1. The molecule has 3 aromatic carbocycles. The van der Waals surface area contributed by atoms with Crippen molar-refractivity contribution in [2.75, 3.05) is 38.6 Å². The Bertz CT molecular complexity index is 1670. The molecule has 0 radical (unpaired) electrons. The molecule has 14 heteroatoms. The molecule has 0 saturated heterocycles. The van der Waals surface area contributed by atoms with Crippen molar-refractivity contribution in [3.8, 4) is 11.5 Å². The number of aliphatic hydroxyl groups is 1. The van der Waals surface area contributed by atoms with Gasteiger partial charge < -0.3 is 19.5 Å². The number of aliphatic hydroxyl groups excluding tert-OH is 1. The summed E-state index contributed by atoms with van der Waals surface area (Å²) in [5.74, 6) is -0.158. The molecular weight excluding hydrogens is 618 g/mol. The van der Waals surface area contributed by atoms with E-state index in [2.05, 4.69) is 4.72 Å². The van der Waals surface area contributed by atoms with Gasteiger partial charge in [0.05, 0.1) is 41.7 Å². The van der Waals surface area contributed by atoms with Gasteiger partial charge in [0.25, 0.3) is 15.9 Å². The number of hydrogen-bond acceptors (Lipinski definition) is 8. The highest BCUT2D eigenvalue weighted by molar-refractivity contribution is 7.92. The number of methoxy groups -OCH3 is 1. The summed E-state index contributed by atoms with van der Waals surface area (Å²) in [4.78, 5) is 15.3. The van der Waals surface area contributed by atoms with Gasteiger partial charge in [0.1, 0.15) is 17.6 Å². The molecule has 1 heterocycles. The van der Waals surface area contributed by atoms with Crippen LogP contribution in [0.3, 0.4) is 0 Å². The second kappa shape index (κ2) is 13.1. The molecule has 232 valence electrons.